The topological polar surface area (TPSA) is 110 Å². The van der Waals surface area contributed by atoms with Crippen molar-refractivity contribution in [2.75, 3.05) is 5.32 Å². The number of nitrogens with one attached hydrogen (secondary N) is 1. The summed E-state index contributed by atoms with van der Waals surface area (Å²) in [5.41, 5.74) is 0.177. The zero-order valence-electron chi connectivity index (χ0n) is 10.2. The molecule has 2 rings (SSSR count). The Morgan fingerprint density at radius 3 is 2.75 bits per heavy atom. The number of nitrogens with zero attached hydrogens (tertiary/aromatic N) is 3. The Bertz CT molecular complexity index is 678. The maximum absolute atomic E-state index is 12.1. The minimum Gasteiger partial charge on any atom is -0.506 e. The quantitative estimate of drug-likeness (QED) is 0.361. The van der Waals surface area contributed by atoms with Crippen molar-refractivity contribution in [3.05, 3.63) is 43.8 Å². The minimum absolute atomic E-state index is 0.0950. The maximum Gasteiger partial charge on any atom is 0.275 e. The number of non-ortho nitro benzene ring substituents is 1. The number of phenols is 1. The van der Waals surface area contributed by atoms with Crippen molar-refractivity contribution < 1.29 is 14.8 Å². The number of halogens is 1. The molecule has 0 spiro atoms. The summed E-state index contributed by atoms with van der Waals surface area (Å²) < 4.78 is 2.06. The van der Waals surface area contributed by atoms with Crippen molar-refractivity contribution in [1.29, 1.82) is 0 Å². The summed E-state index contributed by atoms with van der Waals surface area (Å²) >= 11 is 1.97. The number of benzene rings is 1. The van der Waals surface area contributed by atoms with Gasteiger partial charge in [0.1, 0.15) is 11.4 Å². The van der Waals surface area contributed by atoms with Gasteiger partial charge in [-0.25, -0.2) is 0 Å². The number of carbonyl (C=O) groups excluding carboxylic acids is 1. The average Bonchev–Trinajstić information content (AvgIpc) is 2.71. The molecule has 2 aromatic rings. The summed E-state index contributed by atoms with van der Waals surface area (Å²) in [5.74, 6) is -0.830. The van der Waals surface area contributed by atoms with Crippen LogP contribution in [0.1, 0.15) is 10.5 Å². The molecular formula is C11H9IN4O4. The predicted octanol–water partition coefficient (Wildman–Crippen LogP) is 1.89. The van der Waals surface area contributed by atoms with Gasteiger partial charge in [-0.15, -0.1) is 0 Å². The number of phenolic OH excluding ortho intramolecular Hbond substituents is 1. The lowest BCUT2D eigenvalue weighted by Gasteiger charge is -2.07. The number of aryl methyl sites for hydroxylation is 1. The first-order valence-corrected chi connectivity index (χ1v) is 6.44. The number of aromatic nitrogens is 2. The van der Waals surface area contributed by atoms with Gasteiger partial charge >= 0.3 is 0 Å². The second kappa shape index (κ2) is 5.45. The van der Waals surface area contributed by atoms with E-state index in [9.17, 15) is 20.0 Å². The summed E-state index contributed by atoms with van der Waals surface area (Å²) in [6.07, 6.45) is 1.53. The van der Waals surface area contributed by atoms with Crippen molar-refractivity contribution in [3.8, 4) is 5.75 Å². The summed E-state index contributed by atoms with van der Waals surface area (Å²) in [7, 11) is 1.62. The van der Waals surface area contributed by atoms with Crippen LogP contribution in [0.3, 0.4) is 0 Å². The molecule has 0 aliphatic heterocycles. The molecule has 0 fully saturated rings. The van der Waals surface area contributed by atoms with E-state index in [1.165, 1.54) is 23.0 Å². The number of hydrogen-bond donors (Lipinski definition) is 2. The number of amides is 1. The molecule has 0 unspecified atom stereocenters. The Morgan fingerprint density at radius 1 is 1.55 bits per heavy atom. The molecule has 1 heterocycles. The van der Waals surface area contributed by atoms with Crippen LogP contribution in [0.5, 0.6) is 5.75 Å². The van der Waals surface area contributed by atoms with Gasteiger partial charge in [0, 0.05) is 13.1 Å². The molecule has 0 radical (unpaired) electrons. The fraction of sp³-hybridized carbons (Fsp3) is 0.0909. The second-order valence-corrected chi connectivity index (χ2v) is 5.04. The molecule has 0 saturated heterocycles. The third kappa shape index (κ3) is 2.71. The van der Waals surface area contributed by atoms with E-state index in [2.05, 4.69) is 10.4 Å². The Balaban J connectivity index is 2.27. The smallest absolute Gasteiger partial charge is 0.275 e. The first-order valence-electron chi connectivity index (χ1n) is 5.36. The zero-order valence-corrected chi connectivity index (χ0v) is 12.4. The van der Waals surface area contributed by atoms with Gasteiger partial charge in [-0.3, -0.25) is 19.6 Å². The van der Waals surface area contributed by atoms with Crippen LogP contribution < -0.4 is 5.32 Å². The van der Waals surface area contributed by atoms with E-state index in [0.29, 0.717) is 9.26 Å². The Kier molecular flexibility index (Phi) is 3.88. The lowest BCUT2D eigenvalue weighted by Crippen LogP contribution is -2.17. The lowest BCUT2D eigenvalue weighted by molar-refractivity contribution is -0.384. The Hall–Kier alpha value is -2.17. The normalized spacial score (nSPS) is 10.3. The molecule has 1 amide bonds. The van der Waals surface area contributed by atoms with Crippen molar-refractivity contribution in [3.63, 3.8) is 0 Å². The first-order chi connectivity index (χ1) is 9.40. The molecule has 104 valence electrons. The van der Waals surface area contributed by atoms with Gasteiger partial charge in [0.25, 0.3) is 11.6 Å². The predicted molar refractivity (Wildman–Crippen MR) is 78.6 cm³/mol. The van der Waals surface area contributed by atoms with Gasteiger partial charge in [-0.2, -0.15) is 5.10 Å². The highest BCUT2D eigenvalue weighted by Crippen LogP contribution is 2.28. The molecule has 0 bridgehead atoms. The van der Waals surface area contributed by atoms with E-state index in [1.54, 1.807) is 7.05 Å². The number of carbonyl (C=O) groups is 1. The van der Waals surface area contributed by atoms with Gasteiger partial charge in [-0.05, 0) is 28.7 Å². The van der Waals surface area contributed by atoms with Gasteiger partial charge in [-0.1, -0.05) is 0 Å². The molecule has 1 aromatic carbocycles. The van der Waals surface area contributed by atoms with Crippen LogP contribution in [-0.2, 0) is 7.05 Å². The van der Waals surface area contributed by atoms with E-state index in [0.717, 1.165) is 6.07 Å². The largest absolute Gasteiger partial charge is 0.506 e. The Labute approximate surface area is 126 Å². The number of rotatable bonds is 3. The van der Waals surface area contributed by atoms with Crippen LogP contribution in [0.4, 0.5) is 11.4 Å². The van der Waals surface area contributed by atoms with Crippen molar-refractivity contribution in [2.45, 2.75) is 0 Å². The van der Waals surface area contributed by atoms with Crippen LogP contribution in [0.15, 0.2) is 24.4 Å². The van der Waals surface area contributed by atoms with E-state index in [-0.39, 0.29) is 17.1 Å². The standard InChI is InChI=1S/C11H9IN4O4/c1-15-10(7(12)5-13-15)11(18)14-8-3-2-6(16(19)20)4-9(8)17/h2-5,17H,1H3,(H,14,18). The number of nitro benzene ring substituents is 1. The summed E-state index contributed by atoms with van der Waals surface area (Å²) in [5, 5.41) is 26.7. The molecule has 0 atom stereocenters. The van der Waals surface area contributed by atoms with Crippen molar-refractivity contribution in [1.82, 2.24) is 9.78 Å². The molecule has 0 aliphatic rings. The van der Waals surface area contributed by atoms with Crippen LogP contribution >= 0.6 is 22.6 Å². The average molecular weight is 388 g/mol. The molecule has 0 aliphatic carbocycles. The highest BCUT2D eigenvalue weighted by molar-refractivity contribution is 14.1. The summed E-state index contributed by atoms with van der Waals surface area (Å²) in [4.78, 5) is 22.0. The number of nitro groups is 1. The van der Waals surface area contributed by atoms with Crippen LogP contribution in [0, 0.1) is 13.7 Å². The lowest BCUT2D eigenvalue weighted by atomic mass is 10.2. The Morgan fingerprint density at radius 2 is 2.25 bits per heavy atom. The highest BCUT2D eigenvalue weighted by atomic mass is 127. The zero-order chi connectivity index (χ0) is 14.9. The number of anilines is 1. The molecule has 2 N–H and O–H groups in total. The van der Waals surface area contributed by atoms with Gasteiger partial charge in [0.15, 0.2) is 0 Å². The SMILES string of the molecule is Cn1ncc(I)c1C(=O)Nc1ccc([N+](=O)[O-])cc1O. The first kappa shape index (κ1) is 14.2. The fourth-order valence-electron chi connectivity index (χ4n) is 1.59. The van der Waals surface area contributed by atoms with Gasteiger partial charge in [0.05, 0.1) is 26.4 Å². The molecule has 8 nitrogen and oxygen atoms in total. The van der Waals surface area contributed by atoms with Gasteiger partial charge < -0.3 is 10.4 Å². The molecule has 20 heavy (non-hydrogen) atoms. The van der Waals surface area contributed by atoms with Crippen molar-refractivity contribution in [2.24, 2.45) is 7.05 Å². The minimum atomic E-state index is -0.630. The number of aromatic hydroxyl groups is 1. The molecule has 0 saturated carbocycles. The third-order valence-electron chi connectivity index (χ3n) is 2.55. The highest BCUT2D eigenvalue weighted by Gasteiger charge is 2.17. The van der Waals surface area contributed by atoms with E-state index >= 15 is 0 Å². The number of hydrogen-bond acceptors (Lipinski definition) is 5. The van der Waals surface area contributed by atoms with Crippen molar-refractivity contribution >= 4 is 39.9 Å². The third-order valence-corrected chi connectivity index (χ3v) is 3.34. The van der Waals surface area contributed by atoms with Crippen LogP contribution in [0.2, 0.25) is 0 Å². The molecular weight excluding hydrogens is 379 g/mol. The molecule has 9 heteroatoms. The monoisotopic (exact) mass is 388 g/mol. The van der Waals surface area contributed by atoms with E-state index in [4.69, 9.17) is 0 Å². The summed E-state index contributed by atoms with van der Waals surface area (Å²) in [6, 6.07) is 3.45. The van der Waals surface area contributed by atoms with E-state index < -0.39 is 10.8 Å². The van der Waals surface area contributed by atoms with Crippen LogP contribution in [0.25, 0.3) is 0 Å². The van der Waals surface area contributed by atoms with E-state index in [1.807, 2.05) is 22.6 Å². The fourth-order valence-corrected chi connectivity index (χ4v) is 2.31. The molecule has 1 aromatic heterocycles. The maximum atomic E-state index is 12.1. The van der Waals surface area contributed by atoms with Crippen LogP contribution in [-0.4, -0.2) is 25.7 Å². The van der Waals surface area contributed by atoms with Gasteiger partial charge in [0.2, 0.25) is 0 Å². The second-order valence-electron chi connectivity index (χ2n) is 3.88. The summed E-state index contributed by atoms with van der Waals surface area (Å²) in [6.45, 7) is 0.